The topological polar surface area (TPSA) is 57.0 Å². The highest BCUT2D eigenvalue weighted by Crippen LogP contribution is 2.25. The van der Waals surface area contributed by atoms with Gasteiger partial charge in [0, 0.05) is 6.20 Å². The SMILES string of the molecule is CC.CC(C)(C)n1ncc(Oc2cccnc2)c(Cl)c1=O. The Hall–Kier alpha value is -1.88. The summed E-state index contributed by atoms with van der Waals surface area (Å²) < 4.78 is 6.81. The van der Waals surface area contributed by atoms with Crippen LogP contribution >= 0.6 is 11.6 Å². The second-order valence-electron chi connectivity index (χ2n) is 5.00. The molecule has 0 aliphatic rings. The highest BCUT2D eigenvalue weighted by Gasteiger charge is 2.20. The molecule has 5 nitrogen and oxygen atoms in total. The highest BCUT2D eigenvalue weighted by molar-refractivity contribution is 6.31. The minimum atomic E-state index is -0.437. The average Bonchev–Trinajstić information content (AvgIpc) is 2.46. The Morgan fingerprint density at radius 2 is 1.90 bits per heavy atom. The fraction of sp³-hybridized carbons (Fsp3) is 0.400. The van der Waals surface area contributed by atoms with E-state index in [0.717, 1.165) is 0 Å². The van der Waals surface area contributed by atoms with Crippen LogP contribution in [0, 0.1) is 0 Å². The summed E-state index contributed by atoms with van der Waals surface area (Å²) in [5.41, 5.74) is -0.816. The van der Waals surface area contributed by atoms with Crippen LogP contribution in [0.15, 0.2) is 35.5 Å². The van der Waals surface area contributed by atoms with E-state index in [0.29, 0.717) is 5.75 Å². The molecule has 2 aromatic rings. The van der Waals surface area contributed by atoms with Crippen molar-refractivity contribution in [3.05, 3.63) is 46.1 Å². The predicted octanol–water partition coefficient (Wildman–Crippen LogP) is 3.87. The van der Waals surface area contributed by atoms with Gasteiger partial charge in [-0.1, -0.05) is 25.4 Å². The van der Waals surface area contributed by atoms with Crippen molar-refractivity contribution < 1.29 is 4.74 Å². The summed E-state index contributed by atoms with van der Waals surface area (Å²) in [6, 6.07) is 3.45. The lowest BCUT2D eigenvalue weighted by molar-refractivity contribution is 0.333. The molecule has 2 heterocycles. The molecular weight excluding hydrogens is 290 g/mol. The molecule has 0 aliphatic carbocycles. The van der Waals surface area contributed by atoms with Crippen molar-refractivity contribution in [2.75, 3.05) is 0 Å². The zero-order valence-electron chi connectivity index (χ0n) is 12.9. The molecule has 0 bridgehead atoms. The molecule has 6 heteroatoms. The first kappa shape index (κ1) is 17.2. The molecule has 0 radical (unpaired) electrons. The summed E-state index contributed by atoms with van der Waals surface area (Å²) >= 11 is 6.04. The lowest BCUT2D eigenvalue weighted by atomic mass is 10.1. The second kappa shape index (κ2) is 7.22. The minimum Gasteiger partial charge on any atom is -0.452 e. The van der Waals surface area contributed by atoms with E-state index in [1.54, 1.807) is 18.3 Å². The monoisotopic (exact) mass is 309 g/mol. The number of halogens is 1. The van der Waals surface area contributed by atoms with Gasteiger partial charge >= 0.3 is 0 Å². The molecule has 0 spiro atoms. The molecule has 2 aromatic heterocycles. The first-order valence-corrected chi connectivity index (χ1v) is 7.13. The summed E-state index contributed by atoms with van der Waals surface area (Å²) in [6.45, 7) is 9.62. The van der Waals surface area contributed by atoms with E-state index >= 15 is 0 Å². The van der Waals surface area contributed by atoms with Crippen LogP contribution in [0.25, 0.3) is 0 Å². The van der Waals surface area contributed by atoms with Gasteiger partial charge in [-0.05, 0) is 32.9 Å². The van der Waals surface area contributed by atoms with Crippen LogP contribution in [0.3, 0.4) is 0 Å². The van der Waals surface area contributed by atoms with E-state index in [1.165, 1.54) is 17.1 Å². The van der Waals surface area contributed by atoms with Crippen molar-refractivity contribution in [2.24, 2.45) is 0 Å². The Morgan fingerprint density at radius 3 is 2.43 bits per heavy atom. The molecular formula is C15H20ClN3O2. The largest absolute Gasteiger partial charge is 0.452 e. The third-order valence-electron chi connectivity index (χ3n) is 2.38. The van der Waals surface area contributed by atoms with Gasteiger partial charge in [0.2, 0.25) is 0 Å². The summed E-state index contributed by atoms with van der Waals surface area (Å²) in [4.78, 5) is 16.0. The van der Waals surface area contributed by atoms with Gasteiger partial charge in [0.15, 0.2) is 10.8 Å². The third-order valence-corrected chi connectivity index (χ3v) is 2.73. The molecule has 0 aliphatic heterocycles. The maximum atomic E-state index is 12.1. The molecule has 0 aromatic carbocycles. The van der Waals surface area contributed by atoms with Crippen LogP contribution < -0.4 is 10.3 Å². The molecule has 0 saturated heterocycles. The van der Waals surface area contributed by atoms with E-state index < -0.39 is 5.54 Å². The van der Waals surface area contributed by atoms with Gasteiger partial charge < -0.3 is 4.74 Å². The Morgan fingerprint density at radius 1 is 1.24 bits per heavy atom. The first-order valence-electron chi connectivity index (χ1n) is 6.76. The number of rotatable bonds is 2. The molecule has 0 saturated carbocycles. The van der Waals surface area contributed by atoms with Gasteiger partial charge in [-0.3, -0.25) is 9.78 Å². The molecule has 114 valence electrons. The highest BCUT2D eigenvalue weighted by atomic mass is 35.5. The fourth-order valence-electron chi connectivity index (χ4n) is 1.50. The lowest BCUT2D eigenvalue weighted by Crippen LogP contribution is -2.36. The van der Waals surface area contributed by atoms with Crippen molar-refractivity contribution in [1.82, 2.24) is 14.8 Å². The molecule has 0 fully saturated rings. The van der Waals surface area contributed by atoms with Crippen molar-refractivity contribution in [2.45, 2.75) is 40.2 Å². The standard InChI is InChI=1S/C13H14ClN3O2.C2H6/c1-13(2,3)17-12(18)11(14)10(8-16-17)19-9-5-4-6-15-7-9;1-2/h4-8H,1-3H3;1-2H3. The smallest absolute Gasteiger partial charge is 0.289 e. The van der Waals surface area contributed by atoms with Crippen LogP contribution in [0.1, 0.15) is 34.6 Å². The Balaban J connectivity index is 0.00000106. The first-order chi connectivity index (χ1) is 9.89. The minimum absolute atomic E-state index is 0.00813. The number of hydrogen-bond acceptors (Lipinski definition) is 4. The van der Waals surface area contributed by atoms with Crippen LogP contribution in [0.2, 0.25) is 5.02 Å². The number of aromatic nitrogens is 3. The normalized spacial score (nSPS) is 10.6. The molecule has 0 unspecified atom stereocenters. The fourth-order valence-corrected chi connectivity index (χ4v) is 1.67. The van der Waals surface area contributed by atoms with Crippen molar-refractivity contribution in [3.8, 4) is 11.5 Å². The second-order valence-corrected chi connectivity index (χ2v) is 5.38. The average molecular weight is 310 g/mol. The third kappa shape index (κ3) is 4.29. The zero-order chi connectivity index (χ0) is 16.0. The molecule has 0 atom stereocenters. The van der Waals surface area contributed by atoms with Crippen molar-refractivity contribution in [1.29, 1.82) is 0 Å². The van der Waals surface area contributed by atoms with Crippen LogP contribution in [-0.4, -0.2) is 14.8 Å². The lowest BCUT2D eigenvalue weighted by Gasteiger charge is -2.21. The maximum Gasteiger partial charge on any atom is 0.289 e. The van der Waals surface area contributed by atoms with Gasteiger partial charge in [0.05, 0.1) is 17.9 Å². The van der Waals surface area contributed by atoms with Gasteiger partial charge in [0.25, 0.3) is 5.56 Å². The van der Waals surface area contributed by atoms with E-state index in [-0.39, 0.29) is 16.3 Å². The number of pyridine rings is 1. The number of ether oxygens (including phenoxy) is 1. The van der Waals surface area contributed by atoms with Gasteiger partial charge in [-0.15, -0.1) is 0 Å². The Bertz CT molecular complexity index is 634. The number of nitrogens with zero attached hydrogens (tertiary/aromatic N) is 3. The molecule has 0 amide bonds. The summed E-state index contributed by atoms with van der Waals surface area (Å²) in [5.74, 6) is 0.722. The maximum absolute atomic E-state index is 12.1. The predicted molar refractivity (Wildman–Crippen MR) is 84.2 cm³/mol. The Kier molecular flexibility index (Phi) is 5.90. The zero-order valence-corrected chi connectivity index (χ0v) is 13.7. The van der Waals surface area contributed by atoms with Crippen LogP contribution in [-0.2, 0) is 5.54 Å². The van der Waals surface area contributed by atoms with E-state index in [4.69, 9.17) is 16.3 Å². The molecule has 0 N–H and O–H groups in total. The van der Waals surface area contributed by atoms with Crippen molar-refractivity contribution in [3.63, 3.8) is 0 Å². The van der Waals surface area contributed by atoms with Crippen LogP contribution in [0.5, 0.6) is 11.5 Å². The summed E-state index contributed by atoms with van der Waals surface area (Å²) in [7, 11) is 0. The van der Waals surface area contributed by atoms with E-state index in [2.05, 4.69) is 10.1 Å². The van der Waals surface area contributed by atoms with Gasteiger partial charge in [-0.2, -0.15) is 5.10 Å². The van der Waals surface area contributed by atoms with Gasteiger partial charge in [-0.25, -0.2) is 4.68 Å². The summed E-state index contributed by atoms with van der Waals surface area (Å²) in [5, 5.41) is 4.09. The van der Waals surface area contributed by atoms with Crippen LogP contribution in [0.4, 0.5) is 0 Å². The van der Waals surface area contributed by atoms with E-state index in [1.807, 2.05) is 34.6 Å². The van der Waals surface area contributed by atoms with E-state index in [9.17, 15) is 4.79 Å². The summed E-state index contributed by atoms with van der Waals surface area (Å²) in [6.07, 6.45) is 4.60. The van der Waals surface area contributed by atoms with Crippen molar-refractivity contribution >= 4 is 11.6 Å². The van der Waals surface area contributed by atoms with Gasteiger partial charge in [0.1, 0.15) is 5.75 Å². The number of hydrogen-bond donors (Lipinski definition) is 0. The molecule has 21 heavy (non-hydrogen) atoms. The quantitative estimate of drug-likeness (QED) is 0.845. The molecule has 2 rings (SSSR count). The Labute approximate surface area is 129 Å².